The van der Waals surface area contributed by atoms with Gasteiger partial charge in [0.25, 0.3) is 0 Å². The standard InChI is InChI=1S/C12H23N2.C11H9N5.CHF3O3S.Au/c1-3-4-5-6-7-8-9-14-11-10-13(2)12-14;1-2-8(10-12-4-5-13-10)16-9(3-1)11-14-6-7-15-11;2-1(3,4)8(5,6)7;/h10-12H,3-9H2,1-2H3;1-7H,(H,12,13)(H,14,15);(H,5,6,7);/q-1;;;+1/p-1. The minimum atomic E-state index is -6.09. The number of unbranched alkanes of at least 4 members (excludes halogenated alkanes) is 5. The number of nitrogens with one attached hydrogen (secondary N) is 2. The normalized spacial score (nSPS) is 12.8. The van der Waals surface area contributed by atoms with E-state index in [1.165, 1.54) is 45.1 Å². The van der Waals surface area contributed by atoms with Gasteiger partial charge >= 0.3 is 27.9 Å². The van der Waals surface area contributed by atoms with Gasteiger partial charge in [0.1, 0.15) is 11.4 Å². The Morgan fingerprint density at radius 1 is 0.949 bits per heavy atom. The van der Waals surface area contributed by atoms with Crippen molar-refractivity contribution in [2.75, 3.05) is 13.6 Å². The van der Waals surface area contributed by atoms with Crippen LogP contribution in [0.2, 0.25) is 0 Å². The van der Waals surface area contributed by atoms with Gasteiger partial charge in [-0.3, -0.25) is 0 Å². The molecule has 0 amide bonds. The van der Waals surface area contributed by atoms with E-state index >= 15 is 0 Å². The molecule has 0 saturated carbocycles. The van der Waals surface area contributed by atoms with Crippen molar-refractivity contribution in [3.05, 3.63) is 62.1 Å². The summed E-state index contributed by atoms with van der Waals surface area (Å²) in [6.07, 6.45) is 19.5. The molecule has 0 radical (unpaired) electrons. The fourth-order valence-electron chi connectivity index (χ4n) is 3.22. The number of alkyl halides is 3. The zero-order valence-electron chi connectivity index (χ0n) is 21.5. The number of aromatic amines is 2. The van der Waals surface area contributed by atoms with Crippen molar-refractivity contribution >= 4 is 10.1 Å². The molecule has 4 rings (SSSR count). The van der Waals surface area contributed by atoms with Gasteiger partial charge in [0.15, 0.2) is 21.8 Å². The van der Waals surface area contributed by atoms with Crippen LogP contribution in [-0.2, 0) is 32.5 Å². The number of halogens is 3. The molecule has 0 saturated heterocycles. The molecule has 0 unspecified atom stereocenters. The first-order valence-electron chi connectivity index (χ1n) is 12.0. The first-order valence-corrected chi connectivity index (χ1v) is 13.4. The number of hydrogen-bond acceptors (Lipinski definition) is 8. The van der Waals surface area contributed by atoms with E-state index in [4.69, 9.17) is 13.0 Å². The van der Waals surface area contributed by atoms with Gasteiger partial charge in [-0.1, -0.05) is 45.1 Å². The minimum absolute atomic E-state index is 0. The summed E-state index contributed by atoms with van der Waals surface area (Å²) in [5.74, 6) is 1.52. The van der Waals surface area contributed by atoms with Crippen LogP contribution in [-0.4, -0.2) is 66.8 Å². The average Bonchev–Trinajstić information content (AvgIpc) is 3.65. The second-order valence-corrected chi connectivity index (χ2v) is 9.64. The van der Waals surface area contributed by atoms with Crippen molar-refractivity contribution in [2.45, 2.75) is 51.0 Å². The van der Waals surface area contributed by atoms with Gasteiger partial charge in [-0.25, -0.2) is 23.4 Å². The van der Waals surface area contributed by atoms with E-state index in [1.54, 1.807) is 24.8 Å². The summed E-state index contributed by atoms with van der Waals surface area (Å²) in [5, 5.41) is 0. The molecule has 0 bridgehead atoms. The van der Waals surface area contributed by atoms with Crippen LogP contribution >= 0.6 is 0 Å². The van der Waals surface area contributed by atoms with E-state index < -0.39 is 15.6 Å². The van der Waals surface area contributed by atoms with Crippen molar-refractivity contribution in [2.24, 2.45) is 0 Å². The Morgan fingerprint density at radius 2 is 1.46 bits per heavy atom. The number of aromatic nitrogens is 5. The molecule has 15 heteroatoms. The van der Waals surface area contributed by atoms with Crippen LogP contribution in [0.5, 0.6) is 0 Å². The smallest absolute Gasteiger partial charge is 0.741 e. The van der Waals surface area contributed by atoms with Crippen molar-refractivity contribution in [1.82, 2.24) is 34.7 Å². The molecule has 220 valence electrons. The molecule has 0 aliphatic carbocycles. The summed E-state index contributed by atoms with van der Waals surface area (Å²) in [4.78, 5) is 23.2. The summed E-state index contributed by atoms with van der Waals surface area (Å²) in [6, 6.07) is 5.75. The number of pyridine rings is 1. The maximum Gasteiger partial charge on any atom is 1.00 e. The van der Waals surface area contributed by atoms with Crippen LogP contribution in [0.15, 0.2) is 55.4 Å². The predicted octanol–water partition coefficient (Wildman–Crippen LogP) is 5.10. The van der Waals surface area contributed by atoms with Gasteiger partial charge in [-0.2, -0.15) is 19.8 Å². The number of H-pyrrole nitrogens is 2. The molecule has 1 aliphatic heterocycles. The molecule has 4 heterocycles. The van der Waals surface area contributed by atoms with Gasteiger partial charge in [-0.05, 0) is 44.5 Å². The fraction of sp³-hybridized carbons (Fsp3) is 0.417. The SMILES string of the molecule is CCCCCCCCN1C=CN(C)[CH-]1.O=S(=O)([O-])C(F)(F)F.[Au+].c1cc(-c2ncc[nH]2)nc(-c2ncc[nH]2)c1. The molecule has 1 aliphatic rings. The fourth-order valence-corrected chi connectivity index (χ4v) is 3.22. The van der Waals surface area contributed by atoms with Crippen LogP contribution in [0.4, 0.5) is 13.2 Å². The monoisotopic (exact) mass is 752 g/mol. The first-order chi connectivity index (χ1) is 18.0. The largest absolute Gasteiger partial charge is 1.00 e. The first kappa shape index (κ1) is 34.4. The van der Waals surface area contributed by atoms with Gasteiger partial charge in [0.05, 0.1) is 0 Å². The predicted molar refractivity (Wildman–Crippen MR) is 136 cm³/mol. The molecule has 39 heavy (non-hydrogen) atoms. The maximum atomic E-state index is 10.7. The third-order valence-electron chi connectivity index (χ3n) is 5.11. The Hall–Kier alpha value is -2.65. The average molecular weight is 753 g/mol. The Labute approximate surface area is 242 Å². The number of imidazole rings is 2. The van der Waals surface area contributed by atoms with Gasteiger partial charge in [0.2, 0.25) is 0 Å². The number of hydrogen-bond donors (Lipinski definition) is 2. The molecule has 0 aromatic carbocycles. The van der Waals surface area contributed by atoms with E-state index in [-0.39, 0.29) is 22.4 Å². The quantitative estimate of drug-likeness (QED) is 0.102. The van der Waals surface area contributed by atoms with Crippen LogP contribution in [0, 0.1) is 6.67 Å². The Bertz CT molecular complexity index is 1140. The Balaban J connectivity index is 0.000000306. The molecule has 3 aromatic rings. The summed E-state index contributed by atoms with van der Waals surface area (Å²) in [5.41, 5.74) is -4.04. The number of rotatable bonds is 9. The molecule has 0 spiro atoms. The second-order valence-electron chi connectivity index (χ2n) is 8.27. The van der Waals surface area contributed by atoms with E-state index in [9.17, 15) is 13.2 Å². The Kier molecular flexibility index (Phi) is 15.1. The summed E-state index contributed by atoms with van der Waals surface area (Å²) in [6.45, 7) is 5.58. The van der Waals surface area contributed by atoms with E-state index in [1.807, 2.05) is 18.2 Å². The molecular formula is C24H32AuF3N7O3S-. The summed E-state index contributed by atoms with van der Waals surface area (Å²) >= 11 is 0. The van der Waals surface area contributed by atoms with Crippen LogP contribution in [0.1, 0.15) is 45.4 Å². The maximum absolute atomic E-state index is 10.7. The van der Waals surface area contributed by atoms with Crippen molar-refractivity contribution < 1.29 is 48.5 Å². The van der Waals surface area contributed by atoms with E-state index in [0.29, 0.717) is 0 Å². The molecule has 10 nitrogen and oxygen atoms in total. The summed E-state index contributed by atoms with van der Waals surface area (Å²) < 4.78 is 58.9. The topological polar surface area (TPSA) is 134 Å². The van der Waals surface area contributed by atoms with Crippen molar-refractivity contribution in [1.29, 1.82) is 0 Å². The zero-order valence-corrected chi connectivity index (χ0v) is 24.5. The number of nitrogens with zero attached hydrogens (tertiary/aromatic N) is 5. The second kappa shape index (κ2) is 17.1. The Morgan fingerprint density at radius 3 is 1.87 bits per heavy atom. The molecule has 0 fully saturated rings. The van der Waals surface area contributed by atoms with Gasteiger partial charge < -0.3 is 24.3 Å². The molecule has 0 atom stereocenters. The van der Waals surface area contributed by atoms with Crippen LogP contribution in [0.25, 0.3) is 23.0 Å². The third-order valence-corrected chi connectivity index (χ3v) is 5.67. The van der Waals surface area contributed by atoms with Crippen molar-refractivity contribution in [3.63, 3.8) is 0 Å². The molecular weight excluding hydrogens is 720 g/mol. The van der Waals surface area contributed by atoms with E-state index in [0.717, 1.165) is 23.0 Å². The molecule has 3 aromatic heterocycles. The zero-order chi connectivity index (χ0) is 28.0. The van der Waals surface area contributed by atoms with Crippen molar-refractivity contribution in [3.8, 4) is 23.0 Å². The minimum Gasteiger partial charge on any atom is -0.741 e. The van der Waals surface area contributed by atoms with Gasteiger partial charge in [-0.15, -0.1) is 0 Å². The van der Waals surface area contributed by atoms with Gasteiger partial charge in [0, 0.05) is 24.8 Å². The molecule has 2 N–H and O–H groups in total. The van der Waals surface area contributed by atoms with Crippen LogP contribution in [0.3, 0.4) is 0 Å². The van der Waals surface area contributed by atoms with Crippen LogP contribution < -0.4 is 0 Å². The van der Waals surface area contributed by atoms with E-state index in [2.05, 4.69) is 67.8 Å². The third kappa shape index (κ3) is 12.8. The summed E-state index contributed by atoms with van der Waals surface area (Å²) in [7, 11) is -4.02.